The van der Waals surface area contributed by atoms with Crippen LogP contribution in [0.25, 0.3) is 0 Å². The van der Waals surface area contributed by atoms with Crippen molar-refractivity contribution in [1.29, 1.82) is 0 Å². The third-order valence-corrected chi connectivity index (χ3v) is 5.27. The zero-order chi connectivity index (χ0) is 14.8. The van der Waals surface area contributed by atoms with Gasteiger partial charge in [-0.15, -0.1) is 0 Å². The van der Waals surface area contributed by atoms with Gasteiger partial charge >= 0.3 is 6.18 Å². The molecule has 1 aliphatic rings. The van der Waals surface area contributed by atoms with E-state index in [1.807, 2.05) is 6.26 Å². The molecule has 2 rings (SSSR count). The van der Waals surface area contributed by atoms with Crippen LogP contribution in [0.1, 0.15) is 31.2 Å². The Bertz CT molecular complexity index is 473. The molecule has 1 aromatic heterocycles. The molecule has 1 N–H and O–H groups in total. The summed E-state index contributed by atoms with van der Waals surface area (Å²) in [4.78, 5) is 3.92. The highest BCUT2D eigenvalue weighted by molar-refractivity contribution is 8.00. The zero-order valence-corrected chi connectivity index (χ0v) is 12.6. The molecule has 0 bridgehead atoms. The predicted octanol–water partition coefficient (Wildman–Crippen LogP) is 4.84. The quantitative estimate of drug-likeness (QED) is 0.802. The highest BCUT2D eigenvalue weighted by atomic mass is 35.5. The molecule has 1 saturated carbocycles. The largest absolute Gasteiger partial charge is 0.416 e. The Morgan fingerprint density at radius 1 is 1.35 bits per heavy atom. The first-order chi connectivity index (χ1) is 9.35. The molecule has 1 heterocycles. The molecule has 0 spiro atoms. The van der Waals surface area contributed by atoms with Crippen molar-refractivity contribution in [2.75, 3.05) is 18.1 Å². The predicted molar refractivity (Wildman–Crippen MR) is 77.5 cm³/mol. The smallest absolute Gasteiger partial charge is 0.369 e. The van der Waals surface area contributed by atoms with E-state index in [2.05, 4.69) is 10.3 Å². The van der Waals surface area contributed by atoms with Crippen molar-refractivity contribution in [3.8, 4) is 0 Å². The Labute approximate surface area is 125 Å². The standard InChI is InChI=1S/C13H16ClF3N2S/c1-20-12(4-2-3-5-12)8-18-11-7-9(13(15,16)17)6-10(14)19-11/h6-7H,2-5,8H2,1H3,(H,18,19). The summed E-state index contributed by atoms with van der Waals surface area (Å²) in [6, 6.07) is 1.85. The summed E-state index contributed by atoms with van der Waals surface area (Å²) in [5.41, 5.74) is -0.773. The molecular formula is C13H16ClF3N2S. The first-order valence-corrected chi connectivity index (χ1v) is 7.99. The van der Waals surface area contributed by atoms with Crippen LogP contribution >= 0.6 is 23.4 Å². The van der Waals surface area contributed by atoms with E-state index in [4.69, 9.17) is 11.6 Å². The molecule has 112 valence electrons. The molecule has 0 aliphatic heterocycles. The number of anilines is 1. The maximum Gasteiger partial charge on any atom is 0.416 e. The Kier molecular flexibility index (Phi) is 4.74. The van der Waals surface area contributed by atoms with Gasteiger partial charge < -0.3 is 5.32 Å². The van der Waals surface area contributed by atoms with E-state index in [0.717, 1.165) is 25.0 Å². The Morgan fingerprint density at radius 3 is 2.55 bits per heavy atom. The van der Waals surface area contributed by atoms with Gasteiger partial charge in [-0.25, -0.2) is 4.98 Å². The minimum absolute atomic E-state index is 0.0996. The van der Waals surface area contributed by atoms with Gasteiger partial charge in [-0.1, -0.05) is 24.4 Å². The second kappa shape index (κ2) is 6.02. The second-order valence-electron chi connectivity index (χ2n) is 5.01. The van der Waals surface area contributed by atoms with Gasteiger partial charge in [0, 0.05) is 11.3 Å². The number of aromatic nitrogens is 1. The van der Waals surface area contributed by atoms with E-state index >= 15 is 0 Å². The fraction of sp³-hybridized carbons (Fsp3) is 0.615. The topological polar surface area (TPSA) is 24.9 Å². The summed E-state index contributed by atoms with van der Waals surface area (Å²) in [5, 5.41) is 2.87. The number of hydrogen-bond acceptors (Lipinski definition) is 3. The maximum absolute atomic E-state index is 12.7. The number of nitrogens with zero attached hydrogens (tertiary/aromatic N) is 1. The third kappa shape index (κ3) is 3.73. The highest BCUT2D eigenvalue weighted by Crippen LogP contribution is 2.40. The zero-order valence-electron chi connectivity index (χ0n) is 11.1. The van der Waals surface area contributed by atoms with Crippen molar-refractivity contribution < 1.29 is 13.2 Å². The Balaban J connectivity index is 2.11. The van der Waals surface area contributed by atoms with Crippen LogP contribution in [-0.4, -0.2) is 22.5 Å². The van der Waals surface area contributed by atoms with Crippen LogP contribution in [0.4, 0.5) is 19.0 Å². The molecule has 0 amide bonds. The van der Waals surface area contributed by atoms with Gasteiger partial charge in [-0.2, -0.15) is 24.9 Å². The third-order valence-electron chi connectivity index (χ3n) is 3.66. The van der Waals surface area contributed by atoms with Gasteiger partial charge in [0.15, 0.2) is 0 Å². The number of hydrogen-bond donors (Lipinski definition) is 1. The summed E-state index contributed by atoms with van der Waals surface area (Å²) in [6.45, 7) is 0.610. The van der Waals surface area contributed by atoms with Crippen LogP contribution in [0.2, 0.25) is 5.15 Å². The van der Waals surface area contributed by atoms with Gasteiger partial charge in [0.2, 0.25) is 0 Å². The number of rotatable bonds is 4. The average Bonchev–Trinajstić information content (AvgIpc) is 2.84. The summed E-state index contributed by atoms with van der Waals surface area (Å²) >= 11 is 7.43. The summed E-state index contributed by atoms with van der Waals surface area (Å²) in [5.74, 6) is 0.185. The van der Waals surface area contributed by atoms with E-state index in [-0.39, 0.29) is 15.7 Å². The lowest BCUT2D eigenvalue weighted by Crippen LogP contribution is -2.30. The monoisotopic (exact) mass is 324 g/mol. The normalized spacial score (nSPS) is 18.2. The molecule has 20 heavy (non-hydrogen) atoms. The SMILES string of the molecule is CSC1(CNc2cc(C(F)(F)F)cc(Cl)n2)CCCC1. The van der Waals surface area contributed by atoms with Crippen molar-refractivity contribution in [3.63, 3.8) is 0 Å². The number of pyridine rings is 1. The van der Waals surface area contributed by atoms with Crippen LogP contribution in [0, 0.1) is 0 Å². The van der Waals surface area contributed by atoms with Crippen molar-refractivity contribution in [2.24, 2.45) is 0 Å². The molecule has 0 aromatic carbocycles. The summed E-state index contributed by atoms with van der Waals surface area (Å²) in [6.07, 6.45) is 2.12. The molecule has 1 aromatic rings. The molecule has 0 atom stereocenters. The number of nitrogens with one attached hydrogen (secondary N) is 1. The first kappa shape index (κ1) is 15.8. The molecule has 2 nitrogen and oxygen atoms in total. The van der Waals surface area contributed by atoms with Crippen molar-refractivity contribution >= 4 is 29.2 Å². The number of thioether (sulfide) groups is 1. The van der Waals surface area contributed by atoms with Crippen LogP contribution in [0.15, 0.2) is 12.1 Å². The minimum atomic E-state index is -4.41. The van der Waals surface area contributed by atoms with Gasteiger partial charge in [0.1, 0.15) is 11.0 Å². The van der Waals surface area contributed by atoms with E-state index in [1.54, 1.807) is 11.8 Å². The van der Waals surface area contributed by atoms with Gasteiger partial charge in [0.25, 0.3) is 0 Å². The van der Waals surface area contributed by atoms with Gasteiger partial charge in [0.05, 0.1) is 5.56 Å². The van der Waals surface area contributed by atoms with E-state index in [0.29, 0.717) is 6.54 Å². The van der Waals surface area contributed by atoms with Crippen LogP contribution in [-0.2, 0) is 6.18 Å². The molecule has 1 aliphatic carbocycles. The lowest BCUT2D eigenvalue weighted by atomic mass is 10.1. The average molecular weight is 325 g/mol. The Morgan fingerprint density at radius 2 is 2.00 bits per heavy atom. The molecule has 0 radical (unpaired) electrons. The van der Waals surface area contributed by atoms with Crippen LogP contribution in [0.3, 0.4) is 0 Å². The van der Waals surface area contributed by atoms with E-state index < -0.39 is 11.7 Å². The fourth-order valence-electron chi connectivity index (χ4n) is 2.48. The highest BCUT2D eigenvalue weighted by Gasteiger charge is 2.34. The van der Waals surface area contributed by atoms with Gasteiger partial charge in [-0.3, -0.25) is 0 Å². The second-order valence-corrected chi connectivity index (χ2v) is 6.67. The van der Waals surface area contributed by atoms with Crippen LogP contribution in [0.5, 0.6) is 0 Å². The Hall–Kier alpha value is -0.620. The number of alkyl halides is 3. The minimum Gasteiger partial charge on any atom is -0.369 e. The van der Waals surface area contributed by atoms with E-state index in [1.165, 1.54) is 12.8 Å². The first-order valence-electron chi connectivity index (χ1n) is 6.38. The van der Waals surface area contributed by atoms with Crippen molar-refractivity contribution in [2.45, 2.75) is 36.6 Å². The maximum atomic E-state index is 12.7. The number of halogens is 4. The molecule has 0 saturated heterocycles. The fourth-order valence-corrected chi connectivity index (χ4v) is 3.60. The van der Waals surface area contributed by atoms with Crippen molar-refractivity contribution in [1.82, 2.24) is 4.98 Å². The summed E-state index contributed by atoms with van der Waals surface area (Å²) < 4.78 is 38.2. The summed E-state index contributed by atoms with van der Waals surface area (Å²) in [7, 11) is 0. The lowest BCUT2D eigenvalue weighted by Gasteiger charge is -2.27. The van der Waals surface area contributed by atoms with Crippen molar-refractivity contribution in [3.05, 3.63) is 22.8 Å². The molecule has 7 heteroatoms. The van der Waals surface area contributed by atoms with Gasteiger partial charge in [-0.05, 0) is 31.2 Å². The van der Waals surface area contributed by atoms with Crippen LogP contribution < -0.4 is 5.32 Å². The van der Waals surface area contributed by atoms with E-state index in [9.17, 15) is 13.2 Å². The molecular weight excluding hydrogens is 309 g/mol. The lowest BCUT2D eigenvalue weighted by molar-refractivity contribution is -0.137. The molecule has 1 fully saturated rings. The molecule has 0 unspecified atom stereocenters.